The summed E-state index contributed by atoms with van der Waals surface area (Å²) in [5.41, 5.74) is 3.58. The van der Waals surface area contributed by atoms with E-state index in [4.69, 9.17) is 9.47 Å². The molecule has 0 saturated heterocycles. The minimum atomic E-state index is -0.509. The summed E-state index contributed by atoms with van der Waals surface area (Å²) in [7, 11) is 3.06. The molecule has 0 fully saturated rings. The summed E-state index contributed by atoms with van der Waals surface area (Å²) >= 11 is 1.41. The van der Waals surface area contributed by atoms with E-state index in [1.807, 2.05) is 49.4 Å². The Morgan fingerprint density at radius 1 is 0.733 bits per heavy atom. The van der Waals surface area contributed by atoms with E-state index in [2.05, 4.69) is 29.8 Å². The first kappa shape index (κ1) is 32.9. The first-order valence-corrected chi connectivity index (χ1v) is 15.3. The van der Waals surface area contributed by atoms with Crippen molar-refractivity contribution in [2.24, 2.45) is 0 Å². The van der Waals surface area contributed by atoms with Crippen LogP contribution >= 0.6 is 11.8 Å². The number of amides is 3. The van der Waals surface area contributed by atoms with Gasteiger partial charge in [-0.15, -0.1) is 11.8 Å². The molecular formula is C36H37N3O5S. The molecule has 4 aromatic rings. The number of rotatable bonds is 12. The molecule has 3 N–H and O–H groups in total. The third-order valence-corrected chi connectivity index (χ3v) is 8.00. The fourth-order valence-electron chi connectivity index (χ4n) is 4.32. The highest BCUT2D eigenvalue weighted by Gasteiger charge is 2.17. The normalized spacial score (nSPS) is 11.8. The molecule has 0 spiro atoms. The Morgan fingerprint density at radius 2 is 1.36 bits per heavy atom. The summed E-state index contributed by atoms with van der Waals surface area (Å²) in [6.07, 6.45) is 1.57. The molecule has 0 aliphatic carbocycles. The van der Waals surface area contributed by atoms with Crippen LogP contribution in [0.25, 0.3) is 6.08 Å². The second kappa shape index (κ2) is 15.6. The van der Waals surface area contributed by atoms with Crippen molar-refractivity contribution in [3.63, 3.8) is 0 Å². The molecule has 8 nitrogen and oxygen atoms in total. The summed E-state index contributed by atoms with van der Waals surface area (Å²) in [6, 6.07) is 28.9. The van der Waals surface area contributed by atoms with Crippen molar-refractivity contribution < 1.29 is 23.9 Å². The molecule has 1 unspecified atom stereocenters. The summed E-state index contributed by atoms with van der Waals surface area (Å²) in [6.45, 7) is 6.10. The third-order valence-electron chi connectivity index (χ3n) is 6.89. The van der Waals surface area contributed by atoms with Crippen LogP contribution in [-0.4, -0.2) is 37.2 Å². The SMILES string of the molecule is COc1ccc(/C=C(\NC(=O)c2ccccc2)C(=O)Nc2ccc(SC(C)C(=O)Nc3ccc(C(C)C)cc3)cc2)cc1OC. The van der Waals surface area contributed by atoms with E-state index in [0.29, 0.717) is 34.2 Å². The number of ether oxygens (including phenoxy) is 2. The standard InChI is InChI=1S/C36H37N3O5S/c1-23(2)26-12-14-28(15-13-26)37-34(40)24(3)45-30-18-16-29(17-19-30)38-36(42)31(39-35(41)27-9-7-6-8-10-27)21-25-11-20-32(43-4)33(22-25)44-5/h6-24H,1-5H3,(H,37,40)(H,38,42)(H,39,41)/b31-21-. The third kappa shape index (κ3) is 9.23. The lowest BCUT2D eigenvalue weighted by Crippen LogP contribution is -2.30. The van der Waals surface area contributed by atoms with Crippen LogP contribution in [0.3, 0.4) is 0 Å². The number of nitrogens with one attached hydrogen (secondary N) is 3. The maximum Gasteiger partial charge on any atom is 0.272 e. The van der Waals surface area contributed by atoms with Gasteiger partial charge in [-0.05, 0) is 90.7 Å². The zero-order valence-corrected chi connectivity index (χ0v) is 26.7. The van der Waals surface area contributed by atoms with Crippen molar-refractivity contribution in [1.82, 2.24) is 5.32 Å². The lowest BCUT2D eigenvalue weighted by Gasteiger charge is -2.14. The van der Waals surface area contributed by atoms with Crippen LogP contribution in [0.1, 0.15) is 48.2 Å². The van der Waals surface area contributed by atoms with Crippen LogP contribution in [0.4, 0.5) is 11.4 Å². The van der Waals surface area contributed by atoms with Crippen molar-refractivity contribution in [1.29, 1.82) is 0 Å². The molecule has 0 bridgehead atoms. The highest BCUT2D eigenvalue weighted by atomic mass is 32.2. The average Bonchev–Trinajstić information content (AvgIpc) is 3.05. The molecule has 0 radical (unpaired) electrons. The maximum atomic E-state index is 13.4. The van der Waals surface area contributed by atoms with E-state index in [0.717, 1.165) is 10.6 Å². The topological polar surface area (TPSA) is 106 Å². The van der Waals surface area contributed by atoms with Crippen LogP contribution in [-0.2, 0) is 9.59 Å². The molecular weight excluding hydrogens is 586 g/mol. The first-order valence-electron chi connectivity index (χ1n) is 14.5. The van der Waals surface area contributed by atoms with Crippen molar-refractivity contribution >= 4 is 46.9 Å². The molecule has 4 aromatic carbocycles. The number of hydrogen-bond donors (Lipinski definition) is 3. The van der Waals surface area contributed by atoms with Crippen LogP contribution < -0.4 is 25.4 Å². The highest BCUT2D eigenvalue weighted by molar-refractivity contribution is 8.00. The van der Waals surface area contributed by atoms with Crippen LogP contribution in [0, 0.1) is 0 Å². The Labute approximate surface area is 268 Å². The number of anilines is 2. The minimum absolute atomic E-state index is 0.0428. The predicted octanol–water partition coefficient (Wildman–Crippen LogP) is 7.36. The molecule has 0 aliphatic heterocycles. The zero-order valence-electron chi connectivity index (χ0n) is 25.9. The van der Waals surface area contributed by atoms with Gasteiger partial charge in [0.05, 0.1) is 19.5 Å². The van der Waals surface area contributed by atoms with Gasteiger partial charge in [0.15, 0.2) is 11.5 Å². The summed E-state index contributed by atoms with van der Waals surface area (Å²) in [4.78, 5) is 40.1. The average molecular weight is 624 g/mol. The second-order valence-electron chi connectivity index (χ2n) is 10.5. The van der Waals surface area contributed by atoms with E-state index in [-0.39, 0.29) is 16.9 Å². The molecule has 232 valence electrons. The molecule has 9 heteroatoms. The van der Waals surface area contributed by atoms with Crippen molar-refractivity contribution in [3.05, 3.63) is 119 Å². The van der Waals surface area contributed by atoms with Gasteiger partial charge in [-0.2, -0.15) is 0 Å². The van der Waals surface area contributed by atoms with Gasteiger partial charge in [-0.3, -0.25) is 14.4 Å². The lowest BCUT2D eigenvalue weighted by atomic mass is 10.0. The molecule has 0 aliphatic rings. The van der Waals surface area contributed by atoms with E-state index < -0.39 is 11.8 Å². The van der Waals surface area contributed by atoms with Crippen LogP contribution in [0.15, 0.2) is 108 Å². The quantitative estimate of drug-likeness (QED) is 0.113. The van der Waals surface area contributed by atoms with E-state index in [1.165, 1.54) is 31.5 Å². The van der Waals surface area contributed by atoms with Gasteiger partial charge in [0.1, 0.15) is 5.70 Å². The number of thioether (sulfide) groups is 1. The van der Waals surface area contributed by atoms with Crippen LogP contribution in [0.5, 0.6) is 11.5 Å². The predicted molar refractivity (Wildman–Crippen MR) is 181 cm³/mol. The molecule has 0 saturated carbocycles. The molecule has 0 aromatic heterocycles. The van der Waals surface area contributed by atoms with E-state index in [1.54, 1.807) is 60.7 Å². The highest BCUT2D eigenvalue weighted by Crippen LogP contribution is 2.29. The summed E-state index contributed by atoms with van der Waals surface area (Å²) in [5.74, 6) is 0.413. The number of carbonyl (C=O) groups is 3. The fraction of sp³-hybridized carbons (Fsp3) is 0.194. The molecule has 4 rings (SSSR count). The fourth-order valence-corrected chi connectivity index (χ4v) is 5.19. The lowest BCUT2D eigenvalue weighted by molar-refractivity contribution is -0.115. The second-order valence-corrected chi connectivity index (χ2v) is 11.9. The minimum Gasteiger partial charge on any atom is -0.493 e. The Bertz CT molecular complexity index is 1650. The molecule has 0 heterocycles. The molecule has 45 heavy (non-hydrogen) atoms. The Kier molecular flexibility index (Phi) is 11.4. The van der Waals surface area contributed by atoms with Crippen molar-refractivity contribution in [2.45, 2.75) is 36.8 Å². The first-order chi connectivity index (χ1) is 21.7. The van der Waals surface area contributed by atoms with Gasteiger partial charge in [0, 0.05) is 21.8 Å². The molecule has 1 atom stereocenters. The Morgan fingerprint density at radius 3 is 1.98 bits per heavy atom. The monoisotopic (exact) mass is 623 g/mol. The van der Waals surface area contributed by atoms with Gasteiger partial charge >= 0.3 is 0 Å². The van der Waals surface area contributed by atoms with Crippen LogP contribution in [0.2, 0.25) is 0 Å². The van der Waals surface area contributed by atoms with Crippen molar-refractivity contribution in [2.75, 3.05) is 24.9 Å². The molecule has 3 amide bonds. The Balaban J connectivity index is 1.45. The zero-order chi connectivity index (χ0) is 32.3. The summed E-state index contributed by atoms with van der Waals surface area (Å²) < 4.78 is 10.7. The Hall–Kier alpha value is -5.02. The van der Waals surface area contributed by atoms with E-state index in [9.17, 15) is 14.4 Å². The summed E-state index contributed by atoms with van der Waals surface area (Å²) in [5, 5.41) is 8.21. The van der Waals surface area contributed by atoms with Crippen molar-refractivity contribution in [3.8, 4) is 11.5 Å². The number of benzene rings is 4. The van der Waals surface area contributed by atoms with Gasteiger partial charge < -0.3 is 25.4 Å². The van der Waals surface area contributed by atoms with Gasteiger partial charge in [0.2, 0.25) is 5.91 Å². The number of carbonyl (C=O) groups excluding carboxylic acids is 3. The largest absolute Gasteiger partial charge is 0.493 e. The number of hydrogen-bond acceptors (Lipinski definition) is 6. The smallest absolute Gasteiger partial charge is 0.272 e. The number of methoxy groups -OCH3 is 2. The van der Waals surface area contributed by atoms with Gasteiger partial charge in [0.25, 0.3) is 11.8 Å². The van der Waals surface area contributed by atoms with Gasteiger partial charge in [-0.25, -0.2) is 0 Å². The maximum absolute atomic E-state index is 13.4. The van der Waals surface area contributed by atoms with Gasteiger partial charge in [-0.1, -0.05) is 50.2 Å². The van der Waals surface area contributed by atoms with E-state index >= 15 is 0 Å².